The number of nitrogens with one attached hydrogen (secondary N) is 1. The number of carbonyl (C=O) groups excluding carboxylic acids is 1. The molecule has 1 N–H and O–H groups in total. The van der Waals surface area contributed by atoms with Gasteiger partial charge in [0.25, 0.3) is 5.91 Å². The number of amides is 1. The van der Waals surface area contributed by atoms with E-state index in [0.29, 0.717) is 6.04 Å². The van der Waals surface area contributed by atoms with Gasteiger partial charge in [-0.05, 0) is 62.9 Å². The van der Waals surface area contributed by atoms with E-state index in [1.807, 2.05) is 18.2 Å². The van der Waals surface area contributed by atoms with E-state index >= 15 is 0 Å². The summed E-state index contributed by atoms with van der Waals surface area (Å²) in [5, 5.41) is 3.41. The molecule has 1 heterocycles. The van der Waals surface area contributed by atoms with Gasteiger partial charge >= 0.3 is 0 Å². The summed E-state index contributed by atoms with van der Waals surface area (Å²) in [5.41, 5.74) is 3.25. The topological polar surface area (TPSA) is 32.3 Å². The molecule has 1 aliphatic rings. The van der Waals surface area contributed by atoms with Crippen molar-refractivity contribution in [2.45, 2.75) is 46.1 Å². The predicted octanol–water partition coefficient (Wildman–Crippen LogP) is 2.91. The lowest BCUT2D eigenvalue weighted by Crippen LogP contribution is -2.49. The SMILES string of the molecule is CCCN(C(=O)c1ccc(C)c(C)c1)C1CCCNC1. The molecule has 1 saturated heterocycles. The normalized spacial score (nSPS) is 18.9. The fraction of sp³-hybridized carbons (Fsp3) is 0.588. The molecule has 1 unspecified atom stereocenters. The Balaban J connectivity index is 2.18. The van der Waals surface area contributed by atoms with Gasteiger partial charge in [-0.15, -0.1) is 0 Å². The first-order valence-electron chi connectivity index (χ1n) is 7.72. The lowest BCUT2D eigenvalue weighted by Gasteiger charge is -2.34. The first-order chi connectivity index (χ1) is 9.63. The molecule has 110 valence electrons. The highest BCUT2D eigenvalue weighted by molar-refractivity contribution is 5.94. The second kappa shape index (κ2) is 6.89. The van der Waals surface area contributed by atoms with Crippen molar-refractivity contribution >= 4 is 5.91 Å². The van der Waals surface area contributed by atoms with E-state index in [0.717, 1.165) is 44.5 Å². The highest BCUT2D eigenvalue weighted by atomic mass is 16.2. The quantitative estimate of drug-likeness (QED) is 0.915. The van der Waals surface area contributed by atoms with Gasteiger partial charge in [0.2, 0.25) is 0 Å². The molecule has 0 bridgehead atoms. The largest absolute Gasteiger partial charge is 0.334 e. The van der Waals surface area contributed by atoms with E-state index in [4.69, 9.17) is 0 Å². The number of hydrogen-bond donors (Lipinski definition) is 1. The predicted molar refractivity (Wildman–Crippen MR) is 83.1 cm³/mol. The molecule has 3 heteroatoms. The van der Waals surface area contributed by atoms with E-state index < -0.39 is 0 Å². The number of rotatable bonds is 4. The molecular formula is C17H26N2O. The smallest absolute Gasteiger partial charge is 0.254 e. The first-order valence-corrected chi connectivity index (χ1v) is 7.72. The van der Waals surface area contributed by atoms with Crippen LogP contribution in [0, 0.1) is 13.8 Å². The summed E-state index contributed by atoms with van der Waals surface area (Å²) in [7, 11) is 0. The maximum atomic E-state index is 12.8. The Morgan fingerprint density at radius 1 is 1.35 bits per heavy atom. The van der Waals surface area contributed by atoms with Crippen LogP contribution in [0.3, 0.4) is 0 Å². The fourth-order valence-corrected chi connectivity index (χ4v) is 2.83. The van der Waals surface area contributed by atoms with Gasteiger partial charge in [-0.3, -0.25) is 4.79 Å². The molecule has 20 heavy (non-hydrogen) atoms. The van der Waals surface area contributed by atoms with Gasteiger partial charge in [0.05, 0.1) is 0 Å². The molecule has 0 aromatic heterocycles. The second-order valence-electron chi connectivity index (χ2n) is 5.80. The zero-order valence-electron chi connectivity index (χ0n) is 12.9. The van der Waals surface area contributed by atoms with Crippen LogP contribution in [0.2, 0.25) is 0 Å². The molecule has 1 amide bonds. The van der Waals surface area contributed by atoms with Crippen molar-refractivity contribution in [3.63, 3.8) is 0 Å². The van der Waals surface area contributed by atoms with Crippen LogP contribution in [-0.4, -0.2) is 36.5 Å². The molecule has 1 fully saturated rings. The Labute approximate surface area is 122 Å². The number of carbonyl (C=O) groups is 1. The van der Waals surface area contributed by atoms with Crippen LogP contribution in [0.15, 0.2) is 18.2 Å². The average Bonchev–Trinajstić information content (AvgIpc) is 2.48. The Morgan fingerprint density at radius 2 is 2.15 bits per heavy atom. The van der Waals surface area contributed by atoms with Crippen molar-refractivity contribution < 1.29 is 4.79 Å². The van der Waals surface area contributed by atoms with Crippen LogP contribution in [0.5, 0.6) is 0 Å². The van der Waals surface area contributed by atoms with E-state index in [1.54, 1.807) is 0 Å². The minimum absolute atomic E-state index is 0.184. The Morgan fingerprint density at radius 3 is 2.75 bits per heavy atom. The van der Waals surface area contributed by atoms with Crippen molar-refractivity contribution in [1.29, 1.82) is 0 Å². The summed E-state index contributed by atoms with van der Waals surface area (Å²) in [4.78, 5) is 14.9. The number of nitrogens with zero attached hydrogens (tertiary/aromatic N) is 1. The summed E-state index contributed by atoms with van der Waals surface area (Å²) < 4.78 is 0. The summed E-state index contributed by atoms with van der Waals surface area (Å²) in [6.07, 6.45) is 3.28. The molecule has 2 rings (SSSR count). The molecule has 0 saturated carbocycles. The van der Waals surface area contributed by atoms with Crippen LogP contribution >= 0.6 is 0 Å². The van der Waals surface area contributed by atoms with Crippen molar-refractivity contribution in [2.24, 2.45) is 0 Å². The van der Waals surface area contributed by atoms with Crippen molar-refractivity contribution in [3.8, 4) is 0 Å². The van der Waals surface area contributed by atoms with E-state index in [9.17, 15) is 4.79 Å². The summed E-state index contributed by atoms with van der Waals surface area (Å²) in [6, 6.07) is 6.38. The third-order valence-electron chi connectivity index (χ3n) is 4.19. The highest BCUT2D eigenvalue weighted by Crippen LogP contribution is 2.17. The second-order valence-corrected chi connectivity index (χ2v) is 5.80. The third-order valence-corrected chi connectivity index (χ3v) is 4.19. The lowest BCUT2D eigenvalue weighted by atomic mass is 10.0. The Hall–Kier alpha value is -1.35. The summed E-state index contributed by atoms with van der Waals surface area (Å²) in [5.74, 6) is 0.184. The van der Waals surface area contributed by atoms with E-state index in [1.165, 1.54) is 11.1 Å². The van der Waals surface area contributed by atoms with Crippen LogP contribution in [0.25, 0.3) is 0 Å². The Bertz CT molecular complexity index is 464. The highest BCUT2D eigenvalue weighted by Gasteiger charge is 2.25. The summed E-state index contributed by atoms with van der Waals surface area (Å²) >= 11 is 0. The Kier molecular flexibility index (Phi) is 5.18. The van der Waals surface area contributed by atoms with Gasteiger partial charge in [-0.25, -0.2) is 0 Å². The van der Waals surface area contributed by atoms with E-state index in [-0.39, 0.29) is 5.91 Å². The van der Waals surface area contributed by atoms with E-state index in [2.05, 4.69) is 31.0 Å². The maximum absolute atomic E-state index is 12.8. The van der Waals surface area contributed by atoms with Gasteiger partial charge < -0.3 is 10.2 Å². The van der Waals surface area contributed by atoms with Gasteiger partial charge in [0.15, 0.2) is 0 Å². The lowest BCUT2D eigenvalue weighted by molar-refractivity contribution is 0.0649. The van der Waals surface area contributed by atoms with Crippen LogP contribution in [-0.2, 0) is 0 Å². The monoisotopic (exact) mass is 274 g/mol. The zero-order valence-corrected chi connectivity index (χ0v) is 12.9. The fourth-order valence-electron chi connectivity index (χ4n) is 2.83. The number of benzene rings is 1. The number of hydrogen-bond acceptors (Lipinski definition) is 2. The van der Waals surface area contributed by atoms with Crippen molar-refractivity contribution in [2.75, 3.05) is 19.6 Å². The molecule has 1 aromatic carbocycles. The zero-order chi connectivity index (χ0) is 14.5. The van der Waals surface area contributed by atoms with Crippen LogP contribution < -0.4 is 5.32 Å². The number of piperidine rings is 1. The van der Waals surface area contributed by atoms with Crippen LogP contribution in [0.4, 0.5) is 0 Å². The molecular weight excluding hydrogens is 248 g/mol. The van der Waals surface area contributed by atoms with Crippen molar-refractivity contribution in [3.05, 3.63) is 34.9 Å². The van der Waals surface area contributed by atoms with Crippen LogP contribution in [0.1, 0.15) is 47.7 Å². The van der Waals surface area contributed by atoms with Crippen molar-refractivity contribution in [1.82, 2.24) is 10.2 Å². The minimum Gasteiger partial charge on any atom is -0.334 e. The molecule has 0 spiro atoms. The first kappa shape index (κ1) is 15.0. The third kappa shape index (κ3) is 3.40. The van der Waals surface area contributed by atoms with Gasteiger partial charge in [-0.1, -0.05) is 13.0 Å². The molecule has 0 aliphatic carbocycles. The average molecular weight is 274 g/mol. The molecule has 1 aliphatic heterocycles. The molecule has 3 nitrogen and oxygen atoms in total. The molecule has 0 radical (unpaired) electrons. The molecule has 1 aromatic rings. The van der Waals surface area contributed by atoms with Gasteiger partial charge in [-0.2, -0.15) is 0 Å². The maximum Gasteiger partial charge on any atom is 0.254 e. The minimum atomic E-state index is 0.184. The molecule has 1 atom stereocenters. The summed E-state index contributed by atoms with van der Waals surface area (Å²) in [6.45, 7) is 9.14. The van der Waals surface area contributed by atoms with Gasteiger partial charge in [0.1, 0.15) is 0 Å². The standard InChI is InChI=1S/C17H26N2O/c1-4-10-19(16-6-5-9-18-12-16)17(20)15-8-7-13(2)14(3)11-15/h7-8,11,16,18H,4-6,9-10,12H2,1-3H3. The van der Waals surface area contributed by atoms with Gasteiger partial charge in [0, 0.05) is 24.7 Å². The number of aryl methyl sites for hydroxylation is 2.